The number of sulfonamides is 1. The number of pyridine rings is 1. The van der Waals surface area contributed by atoms with Gasteiger partial charge >= 0.3 is 0 Å². The van der Waals surface area contributed by atoms with Gasteiger partial charge in [0.15, 0.2) is 0 Å². The minimum Gasteiger partial charge on any atom is -0.379 e. The first-order valence-corrected chi connectivity index (χ1v) is 8.65. The van der Waals surface area contributed by atoms with Crippen molar-refractivity contribution in [1.82, 2.24) is 9.71 Å². The molecule has 0 aliphatic carbocycles. The fraction of sp³-hybridized carbons (Fsp3) is 0.583. The summed E-state index contributed by atoms with van der Waals surface area (Å²) in [4.78, 5) is 4.26. The molecule has 1 fully saturated rings. The highest BCUT2D eigenvalue weighted by molar-refractivity contribution is 9.10. The summed E-state index contributed by atoms with van der Waals surface area (Å²) in [7, 11) is -3.66. The summed E-state index contributed by atoms with van der Waals surface area (Å²) in [6.07, 6.45) is 2.22. The number of hydrogen-bond acceptors (Lipinski definition) is 5. The van der Waals surface area contributed by atoms with Gasteiger partial charge in [0.25, 0.3) is 0 Å². The molecule has 2 N–H and O–H groups in total. The number of halogens is 1. The van der Waals surface area contributed by atoms with Crippen molar-refractivity contribution < 1.29 is 13.2 Å². The van der Waals surface area contributed by atoms with Crippen LogP contribution in [0.15, 0.2) is 21.6 Å². The monoisotopic (exact) mass is 363 g/mol. The van der Waals surface area contributed by atoms with Gasteiger partial charge in [-0.3, -0.25) is 0 Å². The van der Waals surface area contributed by atoms with Gasteiger partial charge in [-0.15, -0.1) is 0 Å². The van der Waals surface area contributed by atoms with E-state index in [1.807, 2.05) is 13.8 Å². The molecule has 1 aromatic heterocycles. The zero-order valence-electron chi connectivity index (χ0n) is 11.4. The molecule has 1 unspecified atom stereocenters. The SMILES string of the molecule is CCNc1ncc(Br)cc1S(=O)(=O)NC1(C)CCOC1. The maximum absolute atomic E-state index is 12.6. The summed E-state index contributed by atoms with van der Waals surface area (Å²) in [6, 6.07) is 1.55. The second kappa shape index (κ2) is 5.97. The zero-order chi connectivity index (χ0) is 14.8. The molecule has 8 heteroatoms. The smallest absolute Gasteiger partial charge is 0.244 e. The van der Waals surface area contributed by atoms with Crippen molar-refractivity contribution in [1.29, 1.82) is 0 Å². The predicted octanol–water partition coefficient (Wildman–Crippen LogP) is 1.73. The molecule has 1 aromatic rings. The molecule has 0 aromatic carbocycles. The Morgan fingerprint density at radius 1 is 1.55 bits per heavy atom. The highest BCUT2D eigenvalue weighted by atomic mass is 79.9. The van der Waals surface area contributed by atoms with E-state index < -0.39 is 15.6 Å². The van der Waals surface area contributed by atoms with E-state index in [4.69, 9.17) is 4.74 Å². The van der Waals surface area contributed by atoms with E-state index in [-0.39, 0.29) is 4.90 Å². The summed E-state index contributed by atoms with van der Waals surface area (Å²) >= 11 is 3.26. The van der Waals surface area contributed by atoms with E-state index in [0.717, 1.165) is 0 Å². The first-order valence-electron chi connectivity index (χ1n) is 6.37. The quantitative estimate of drug-likeness (QED) is 0.832. The van der Waals surface area contributed by atoms with E-state index in [0.29, 0.717) is 36.5 Å². The van der Waals surface area contributed by atoms with Crippen LogP contribution >= 0.6 is 15.9 Å². The largest absolute Gasteiger partial charge is 0.379 e. The van der Waals surface area contributed by atoms with Gasteiger partial charge in [0.1, 0.15) is 10.7 Å². The average molecular weight is 364 g/mol. The van der Waals surface area contributed by atoms with Crippen LogP contribution in [0.2, 0.25) is 0 Å². The number of nitrogens with zero attached hydrogens (tertiary/aromatic N) is 1. The lowest BCUT2D eigenvalue weighted by molar-refractivity contribution is 0.178. The predicted molar refractivity (Wildman–Crippen MR) is 80.3 cm³/mol. The topological polar surface area (TPSA) is 80.3 Å². The fourth-order valence-corrected chi connectivity index (χ4v) is 4.12. The lowest BCUT2D eigenvalue weighted by Crippen LogP contribution is -2.46. The van der Waals surface area contributed by atoms with Crippen LogP contribution in [0.5, 0.6) is 0 Å². The van der Waals surface area contributed by atoms with Crippen LogP contribution in [0.1, 0.15) is 20.3 Å². The molecule has 112 valence electrons. The van der Waals surface area contributed by atoms with Crippen LogP contribution in [-0.4, -0.2) is 38.7 Å². The third kappa shape index (κ3) is 3.49. The Kier molecular flexibility index (Phi) is 4.68. The molecule has 0 amide bonds. The van der Waals surface area contributed by atoms with Crippen molar-refractivity contribution in [2.45, 2.75) is 30.7 Å². The number of aromatic nitrogens is 1. The Bertz CT molecular complexity index is 586. The van der Waals surface area contributed by atoms with Gasteiger partial charge < -0.3 is 10.1 Å². The molecule has 1 aliphatic heterocycles. The number of rotatable bonds is 5. The van der Waals surface area contributed by atoms with Crippen LogP contribution in [0.25, 0.3) is 0 Å². The van der Waals surface area contributed by atoms with Crippen LogP contribution in [0.4, 0.5) is 5.82 Å². The first kappa shape index (κ1) is 15.7. The van der Waals surface area contributed by atoms with E-state index >= 15 is 0 Å². The molecule has 1 aliphatic rings. The normalized spacial score (nSPS) is 22.9. The summed E-state index contributed by atoms with van der Waals surface area (Å²) < 4.78 is 33.8. The zero-order valence-corrected chi connectivity index (χ0v) is 13.8. The molecule has 0 bridgehead atoms. The minimum atomic E-state index is -3.66. The highest BCUT2D eigenvalue weighted by Crippen LogP contribution is 2.26. The number of nitrogens with one attached hydrogen (secondary N) is 2. The molecule has 2 rings (SSSR count). The Labute approximate surface area is 127 Å². The lowest BCUT2D eigenvalue weighted by atomic mass is 10.0. The van der Waals surface area contributed by atoms with Gasteiger partial charge in [-0.2, -0.15) is 0 Å². The van der Waals surface area contributed by atoms with E-state index in [2.05, 4.69) is 31.0 Å². The van der Waals surface area contributed by atoms with Crippen LogP contribution in [0.3, 0.4) is 0 Å². The van der Waals surface area contributed by atoms with Crippen molar-refractivity contribution in [2.24, 2.45) is 0 Å². The Morgan fingerprint density at radius 2 is 2.30 bits per heavy atom. The van der Waals surface area contributed by atoms with Crippen molar-refractivity contribution in [3.8, 4) is 0 Å². The van der Waals surface area contributed by atoms with Gasteiger partial charge in [-0.25, -0.2) is 18.1 Å². The summed E-state index contributed by atoms with van der Waals surface area (Å²) in [5.41, 5.74) is -0.565. The molecule has 0 radical (unpaired) electrons. The van der Waals surface area contributed by atoms with E-state index in [1.54, 1.807) is 12.3 Å². The second-order valence-corrected chi connectivity index (χ2v) is 7.57. The maximum atomic E-state index is 12.6. The number of hydrogen-bond donors (Lipinski definition) is 2. The third-order valence-electron chi connectivity index (χ3n) is 3.05. The Hall–Kier alpha value is -0.700. The molecule has 0 saturated carbocycles. The van der Waals surface area contributed by atoms with Gasteiger partial charge in [0.05, 0.1) is 12.1 Å². The standard InChI is InChI=1S/C12H18BrN3O3S/c1-3-14-11-10(6-9(13)7-15-11)20(17,18)16-12(2)4-5-19-8-12/h6-7,16H,3-5,8H2,1-2H3,(H,14,15). The van der Waals surface area contributed by atoms with Crippen molar-refractivity contribution in [3.05, 3.63) is 16.7 Å². The summed E-state index contributed by atoms with van der Waals surface area (Å²) in [5, 5.41) is 2.96. The van der Waals surface area contributed by atoms with Crippen LogP contribution in [-0.2, 0) is 14.8 Å². The molecule has 1 atom stereocenters. The molecule has 1 saturated heterocycles. The van der Waals surface area contributed by atoms with Crippen LogP contribution in [0, 0.1) is 0 Å². The molecular weight excluding hydrogens is 346 g/mol. The average Bonchev–Trinajstić information content (AvgIpc) is 2.77. The summed E-state index contributed by atoms with van der Waals surface area (Å²) in [6.45, 7) is 5.27. The van der Waals surface area contributed by atoms with Gasteiger partial charge in [0, 0.05) is 23.8 Å². The molecule has 0 spiro atoms. The van der Waals surface area contributed by atoms with Crippen molar-refractivity contribution in [3.63, 3.8) is 0 Å². The highest BCUT2D eigenvalue weighted by Gasteiger charge is 2.35. The van der Waals surface area contributed by atoms with Crippen molar-refractivity contribution >= 4 is 31.8 Å². The van der Waals surface area contributed by atoms with Gasteiger partial charge in [-0.05, 0) is 42.3 Å². The van der Waals surface area contributed by atoms with Crippen molar-refractivity contribution in [2.75, 3.05) is 25.1 Å². The van der Waals surface area contributed by atoms with Gasteiger partial charge in [0.2, 0.25) is 10.0 Å². The fourth-order valence-electron chi connectivity index (χ4n) is 2.05. The van der Waals surface area contributed by atoms with E-state index in [1.165, 1.54) is 0 Å². The molecule has 2 heterocycles. The van der Waals surface area contributed by atoms with Gasteiger partial charge in [-0.1, -0.05) is 0 Å². The lowest BCUT2D eigenvalue weighted by Gasteiger charge is -2.24. The summed E-state index contributed by atoms with van der Waals surface area (Å²) in [5.74, 6) is 0.353. The Balaban J connectivity index is 2.35. The number of ether oxygens (including phenoxy) is 1. The second-order valence-electron chi connectivity index (χ2n) is 5.00. The maximum Gasteiger partial charge on any atom is 0.244 e. The molecule has 6 nitrogen and oxygen atoms in total. The number of anilines is 1. The molecule has 20 heavy (non-hydrogen) atoms. The Morgan fingerprint density at radius 3 is 2.90 bits per heavy atom. The first-order chi connectivity index (χ1) is 9.36. The van der Waals surface area contributed by atoms with Crippen LogP contribution < -0.4 is 10.0 Å². The van der Waals surface area contributed by atoms with E-state index in [9.17, 15) is 8.42 Å². The third-order valence-corrected chi connectivity index (χ3v) is 5.14. The molecular formula is C12H18BrN3O3S. The minimum absolute atomic E-state index is 0.141.